The minimum absolute atomic E-state index is 0.281. The summed E-state index contributed by atoms with van der Waals surface area (Å²) in [5.74, 6) is 0.510. The van der Waals surface area contributed by atoms with Crippen LogP contribution >= 0.6 is 0 Å². The van der Waals surface area contributed by atoms with Crippen LogP contribution in [0.25, 0.3) is 11.0 Å². The Bertz CT molecular complexity index is 568. The summed E-state index contributed by atoms with van der Waals surface area (Å²) >= 11 is 0. The fourth-order valence-electron chi connectivity index (χ4n) is 2.62. The number of carbonyl (C=O) groups is 1. The van der Waals surface area contributed by atoms with Crippen LogP contribution in [0.3, 0.4) is 0 Å². The number of aromatic nitrogens is 2. The molecule has 1 aliphatic carbocycles. The van der Waals surface area contributed by atoms with Gasteiger partial charge in [-0.1, -0.05) is 18.9 Å². The molecule has 1 aliphatic rings. The second-order valence-corrected chi connectivity index (χ2v) is 4.61. The van der Waals surface area contributed by atoms with Crippen LogP contribution in [-0.2, 0) is 0 Å². The summed E-state index contributed by atoms with van der Waals surface area (Å²) in [6.07, 6.45) is 4.80. The van der Waals surface area contributed by atoms with E-state index in [2.05, 4.69) is 9.97 Å². The zero-order valence-corrected chi connectivity index (χ0v) is 9.44. The molecular weight excluding hydrogens is 216 g/mol. The molecule has 4 heteroatoms. The van der Waals surface area contributed by atoms with Gasteiger partial charge < -0.3 is 10.1 Å². The maximum Gasteiger partial charge on any atom is 0.337 e. The van der Waals surface area contributed by atoms with Gasteiger partial charge in [0.1, 0.15) is 11.3 Å². The van der Waals surface area contributed by atoms with E-state index in [1.54, 1.807) is 12.1 Å². The Labute approximate surface area is 98.7 Å². The molecule has 0 saturated heterocycles. The number of rotatable bonds is 2. The van der Waals surface area contributed by atoms with Gasteiger partial charge in [-0.15, -0.1) is 0 Å². The summed E-state index contributed by atoms with van der Waals surface area (Å²) in [7, 11) is 0. The first kappa shape index (κ1) is 10.3. The molecule has 0 bridgehead atoms. The number of fused-ring (bicyclic) bond motifs is 1. The van der Waals surface area contributed by atoms with Crippen LogP contribution in [0.5, 0.6) is 0 Å². The Kier molecular flexibility index (Phi) is 2.35. The molecule has 1 fully saturated rings. The third kappa shape index (κ3) is 1.69. The fraction of sp³-hybridized carbons (Fsp3) is 0.385. The van der Waals surface area contributed by atoms with Crippen molar-refractivity contribution in [1.82, 2.24) is 9.97 Å². The van der Waals surface area contributed by atoms with Crippen molar-refractivity contribution in [2.75, 3.05) is 0 Å². The Morgan fingerprint density at radius 3 is 2.82 bits per heavy atom. The summed E-state index contributed by atoms with van der Waals surface area (Å²) in [6.45, 7) is 0. The molecule has 3 rings (SSSR count). The van der Waals surface area contributed by atoms with Crippen LogP contribution in [0.2, 0.25) is 0 Å². The smallest absolute Gasteiger partial charge is 0.337 e. The summed E-state index contributed by atoms with van der Waals surface area (Å²) in [4.78, 5) is 18.8. The number of imidazole rings is 1. The number of nitrogens with zero attached hydrogens (tertiary/aromatic N) is 1. The van der Waals surface area contributed by atoms with Crippen molar-refractivity contribution in [2.24, 2.45) is 0 Å². The second kappa shape index (κ2) is 3.87. The molecule has 0 amide bonds. The van der Waals surface area contributed by atoms with Crippen molar-refractivity contribution >= 4 is 17.0 Å². The molecular formula is C13H14N2O2. The van der Waals surface area contributed by atoms with E-state index in [0.717, 1.165) is 24.2 Å². The van der Waals surface area contributed by atoms with E-state index < -0.39 is 5.97 Å². The average Bonchev–Trinajstić information content (AvgIpc) is 2.96. The van der Waals surface area contributed by atoms with Crippen molar-refractivity contribution < 1.29 is 9.90 Å². The minimum atomic E-state index is -0.917. The highest BCUT2D eigenvalue weighted by molar-refractivity contribution is 6.00. The van der Waals surface area contributed by atoms with E-state index >= 15 is 0 Å². The third-order valence-corrected chi connectivity index (χ3v) is 3.50. The first-order valence-electron chi connectivity index (χ1n) is 5.97. The molecule has 88 valence electrons. The van der Waals surface area contributed by atoms with Gasteiger partial charge in [0.25, 0.3) is 0 Å². The van der Waals surface area contributed by atoms with Crippen LogP contribution in [-0.4, -0.2) is 21.0 Å². The normalized spacial score (nSPS) is 16.7. The highest BCUT2D eigenvalue weighted by Gasteiger charge is 2.21. The van der Waals surface area contributed by atoms with Crippen LogP contribution in [0.4, 0.5) is 0 Å². The molecule has 0 radical (unpaired) electrons. The second-order valence-electron chi connectivity index (χ2n) is 4.61. The van der Waals surface area contributed by atoms with E-state index in [1.165, 1.54) is 12.8 Å². The lowest BCUT2D eigenvalue weighted by Crippen LogP contribution is -1.97. The monoisotopic (exact) mass is 230 g/mol. The van der Waals surface area contributed by atoms with Gasteiger partial charge >= 0.3 is 5.97 Å². The summed E-state index contributed by atoms with van der Waals surface area (Å²) < 4.78 is 0. The van der Waals surface area contributed by atoms with Gasteiger partial charge in [-0.05, 0) is 25.0 Å². The van der Waals surface area contributed by atoms with Crippen LogP contribution in [0, 0.1) is 0 Å². The Balaban J connectivity index is 2.11. The molecule has 0 unspecified atom stereocenters. The molecule has 0 aliphatic heterocycles. The van der Waals surface area contributed by atoms with Gasteiger partial charge in [-0.2, -0.15) is 0 Å². The number of aromatic carboxylic acids is 1. The Morgan fingerprint density at radius 1 is 1.35 bits per heavy atom. The van der Waals surface area contributed by atoms with Crippen LogP contribution in [0.15, 0.2) is 18.2 Å². The van der Waals surface area contributed by atoms with Gasteiger partial charge in [0.2, 0.25) is 0 Å². The van der Waals surface area contributed by atoms with Gasteiger partial charge in [-0.3, -0.25) is 0 Å². The predicted octanol–water partition coefficient (Wildman–Crippen LogP) is 2.92. The van der Waals surface area contributed by atoms with Crippen molar-refractivity contribution in [3.63, 3.8) is 0 Å². The van der Waals surface area contributed by atoms with Crippen LogP contribution < -0.4 is 0 Å². The Morgan fingerprint density at radius 2 is 2.12 bits per heavy atom. The lowest BCUT2D eigenvalue weighted by atomic mass is 10.1. The van der Waals surface area contributed by atoms with E-state index in [-0.39, 0.29) is 5.56 Å². The quantitative estimate of drug-likeness (QED) is 0.833. The summed E-state index contributed by atoms with van der Waals surface area (Å²) in [5, 5.41) is 9.10. The largest absolute Gasteiger partial charge is 0.478 e. The molecule has 0 spiro atoms. The lowest BCUT2D eigenvalue weighted by molar-refractivity contribution is 0.0699. The number of benzene rings is 1. The zero-order valence-electron chi connectivity index (χ0n) is 9.44. The van der Waals surface area contributed by atoms with Gasteiger partial charge in [0, 0.05) is 5.92 Å². The number of hydrogen-bond donors (Lipinski definition) is 2. The molecule has 2 aromatic rings. The average molecular weight is 230 g/mol. The van der Waals surface area contributed by atoms with Crippen molar-refractivity contribution in [2.45, 2.75) is 31.6 Å². The summed E-state index contributed by atoms with van der Waals surface area (Å²) in [6, 6.07) is 5.24. The van der Waals surface area contributed by atoms with Crippen molar-refractivity contribution in [1.29, 1.82) is 0 Å². The van der Waals surface area contributed by atoms with E-state index in [1.807, 2.05) is 6.07 Å². The minimum Gasteiger partial charge on any atom is -0.478 e. The van der Waals surface area contributed by atoms with E-state index in [0.29, 0.717) is 11.4 Å². The number of H-pyrrole nitrogens is 1. The van der Waals surface area contributed by atoms with Crippen molar-refractivity contribution in [3.05, 3.63) is 29.6 Å². The maximum absolute atomic E-state index is 11.1. The van der Waals surface area contributed by atoms with Gasteiger partial charge in [0.05, 0.1) is 11.1 Å². The standard InChI is InChI=1S/C13H14N2O2/c16-13(17)9-6-3-7-10-11(9)15-12(14-10)8-4-1-2-5-8/h3,6-8H,1-2,4-5H2,(H,14,15)(H,16,17). The van der Waals surface area contributed by atoms with Crippen molar-refractivity contribution in [3.8, 4) is 0 Å². The van der Waals surface area contributed by atoms with E-state index in [4.69, 9.17) is 5.11 Å². The molecule has 1 saturated carbocycles. The maximum atomic E-state index is 11.1. The van der Waals surface area contributed by atoms with Gasteiger partial charge in [0.15, 0.2) is 0 Å². The third-order valence-electron chi connectivity index (χ3n) is 3.50. The SMILES string of the molecule is O=C(O)c1cccc2[nH]c(C3CCCC3)nc12. The molecule has 1 heterocycles. The number of carboxylic acids is 1. The molecule has 4 nitrogen and oxygen atoms in total. The molecule has 0 atom stereocenters. The molecule has 17 heavy (non-hydrogen) atoms. The summed E-state index contributed by atoms with van der Waals surface area (Å²) in [5.41, 5.74) is 1.69. The molecule has 1 aromatic carbocycles. The molecule has 2 N–H and O–H groups in total. The number of aromatic amines is 1. The number of carboxylic acid groups (broad SMARTS) is 1. The highest BCUT2D eigenvalue weighted by Crippen LogP contribution is 2.33. The molecule has 1 aromatic heterocycles. The zero-order chi connectivity index (χ0) is 11.8. The fourth-order valence-corrected chi connectivity index (χ4v) is 2.62. The number of nitrogens with one attached hydrogen (secondary N) is 1. The topological polar surface area (TPSA) is 66.0 Å². The first-order valence-corrected chi connectivity index (χ1v) is 5.97. The van der Waals surface area contributed by atoms with E-state index in [9.17, 15) is 4.79 Å². The van der Waals surface area contributed by atoms with Gasteiger partial charge in [-0.25, -0.2) is 9.78 Å². The predicted molar refractivity (Wildman–Crippen MR) is 64.3 cm³/mol. The first-order chi connectivity index (χ1) is 8.25. The number of hydrogen-bond acceptors (Lipinski definition) is 2. The Hall–Kier alpha value is -1.84. The lowest BCUT2D eigenvalue weighted by Gasteiger charge is -2.02. The highest BCUT2D eigenvalue weighted by atomic mass is 16.4. The van der Waals surface area contributed by atoms with Crippen LogP contribution in [0.1, 0.15) is 47.8 Å². The number of para-hydroxylation sites is 1.